The number of hydrogen-bond acceptors (Lipinski definition) is 2. The first-order valence-corrected chi connectivity index (χ1v) is 15.8. The first kappa shape index (κ1) is 22.6. The highest BCUT2D eigenvalue weighted by Crippen LogP contribution is 2.38. The molecule has 0 radical (unpaired) electrons. The van der Waals surface area contributed by atoms with Crippen molar-refractivity contribution < 1.29 is 4.43 Å². The summed E-state index contributed by atoms with van der Waals surface area (Å²) in [6.45, 7) is 6.64. The van der Waals surface area contributed by atoms with Crippen molar-refractivity contribution in [3.05, 3.63) is 108 Å². The summed E-state index contributed by atoms with van der Waals surface area (Å²) in [4.78, 5) is 0. The Bertz CT molecular complexity index is 1120. The Labute approximate surface area is 198 Å². The van der Waals surface area contributed by atoms with E-state index >= 15 is 0 Å². The molecule has 0 unspecified atom stereocenters. The van der Waals surface area contributed by atoms with E-state index in [-0.39, 0.29) is 0 Å². The van der Waals surface area contributed by atoms with Gasteiger partial charge in [0.25, 0.3) is 0 Å². The van der Waals surface area contributed by atoms with E-state index in [1.54, 1.807) is 0 Å². The minimum absolute atomic E-state index is 0.727. The molecule has 32 heavy (non-hydrogen) atoms. The van der Waals surface area contributed by atoms with Crippen molar-refractivity contribution in [1.82, 2.24) is 0 Å². The van der Waals surface area contributed by atoms with Crippen LogP contribution in [0, 0.1) is 0 Å². The van der Waals surface area contributed by atoms with Crippen LogP contribution in [0.3, 0.4) is 0 Å². The van der Waals surface area contributed by atoms with Gasteiger partial charge in [0.1, 0.15) is 5.75 Å². The summed E-state index contributed by atoms with van der Waals surface area (Å²) < 4.78 is 6.39. The van der Waals surface area contributed by atoms with E-state index in [1.165, 1.54) is 15.9 Å². The van der Waals surface area contributed by atoms with Gasteiger partial charge >= 0.3 is 0 Å². The molecule has 0 aromatic heterocycles. The summed E-state index contributed by atoms with van der Waals surface area (Å²) in [5.74, 6) is 0.931. The van der Waals surface area contributed by atoms with Crippen molar-refractivity contribution in [2.75, 3.05) is 5.32 Å². The maximum atomic E-state index is 6.39. The summed E-state index contributed by atoms with van der Waals surface area (Å²) in [5.41, 5.74) is 2.08. The predicted molar refractivity (Wildman–Crippen MR) is 144 cm³/mol. The molecular formula is C27H27ClNOPSi. The molecule has 0 aliphatic carbocycles. The second kappa shape index (κ2) is 9.91. The lowest BCUT2D eigenvalue weighted by Crippen LogP contribution is -2.30. The van der Waals surface area contributed by atoms with Gasteiger partial charge in [-0.05, 0) is 80.6 Å². The lowest BCUT2D eigenvalue weighted by atomic mass is 10.2. The highest BCUT2D eigenvalue weighted by atomic mass is 35.5. The van der Waals surface area contributed by atoms with Gasteiger partial charge in [-0.15, -0.1) is 0 Å². The Hall–Kier alpha value is -2.58. The molecule has 162 valence electrons. The Morgan fingerprint density at radius 2 is 1.28 bits per heavy atom. The third kappa shape index (κ3) is 5.80. The first-order chi connectivity index (χ1) is 15.4. The number of anilines is 2. The molecule has 0 bridgehead atoms. The topological polar surface area (TPSA) is 21.3 Å². The molecule has 0 amide bonds. The van der Waals surface area contributed by atoms with Crippen molar-refractivity contribution in [1.29, 1.82) is 0 Å². The minimum atomic E-state index is -1.74. The maximum Gasteiger partial charge on any atom is 0.242 e. The summed E-state index contributed by atoms with van der Waals surface area (Å²) in [6.07, 6.45) is 0. The molecule has 0 atom stereocenters. The van der Waals surface area contributed by atoms with Gasteiger partial charge in [-0.25, -0.2) is 0 Å². The number of halogens is 1. The Morgan fingerprint density at radius 3 is 1.81 bits per heavy atom. The van der Waals surface area contributed by atoms with Gasteiger partial charge in [0.15, 0.2) is 0 Å². The second-order valence-electron chi connectivity index (χ2n) is 8.53. The van der Waals surface area contributed by atoms with Crippen LogP contribution in [0.25, 0.3) is 0 Å². The van der Waals surface area contributed by atoms with Crippen LogP contribution in [-0.2, 0) is 0 Å². The van der Waals surface area contributed by atoms with E-state index < -0.39 is 16.2 Å². The van der Waals surface area contributed by atoms with Gasteiger partial charge < -0.3 is 9.74 Å². The van der Waals surface area contributed by atoms with Crippen molar-refractivity contribution in [3.8, 4) is 5.75 Å². The van der Waals surface area contributed by atoms with Gasteiger partial charge in [-0.2, -0.15) is 0 Å². The molecule has 4 aromatic carbocycles. The van der Waals surface area contributed by atoms with Crippen molar-refractivity contribution in [2.45, 2.75) is 19.6 Å². The molecular weight excluding hydrogens is 449 g/mol. The van der Waals surface area contributed by atoms with E-state index in [1.807, 2.05) is 24.3 Å². The molecule has 0 aliphatic heterocycles. The molecule has 0 saturated heterocycles. The smallest absolute Gasteiger partial charge is 0.242 e. The number of rotatable bonds is 7. The molecule has 0 saturated carbocycles. The average molecular weight is 476 g/mol. The van der Waals surface area contributed by atoms with Crippen LogP contribution in [0.1, 0.15) is 0 Å². The minimum Gasteiger partial charge on any atom is -0.544 e. The lowest BCUT2D eigenvalue weighted by molar-refractivity contribution is 0.558. The van der Waals surface area contributed by atoms with Gasteiger partial charge in [-0.1, -0.05) is 72.3 Å². The van der Waals surface area contributed by atoms with Gasteiger partial charge in [-0.3, -0.25) is 0 Å². The van der Waals surface area contributed by atoms with E-state index in [0.717, 1.165) is 22.1 Å². The lowest BCUT2D eigenvalue weighted by Gasteiger charge is -2.25. The molecule has 2 nitrogen and oxygen atoms in total. The van der Waals surface area contributed by atoms with Crippen LogP contribution in [0.15, 0.2) is 103 Å². The zero-order valence-corrected chi connectivity index (χ0v) is 21.2. The zero-order valence-electron chi connectivity index (χ0n) is 18.5. The van der Waals surface area contributed by atoms with Crippen LogP contribution in [0.4, 0.5) is 11.4 Å². The van der Waals surface area contributed by atoms with Crippen LogP contribution < -0.4 is 25.7 Å². The summed E-state index contributed by atoms with van der Waals surface area (Å²) >= 11 is 6.10. The quantitative estimate of drug-likeness (QED) is 0.228. The zero-order chi connectivity index (χ0) is 22.6. The largest absolute Gasteiger partial charge is 0.544 e. The van der Waals surface area contributed by atoms with E-state index in [9.17, 15) is 0 Å². The Kier molecular flexibility index (Phi) is 7.00. The molecule has 0 aliphatic rings. The van der Waals surface area contributed by atoms with Crippen LogP contribution in [0.2, 0.25) is 24.7 Å². The fourth-order valence-electron chi connectivity index (χ4n) is 3.49. The van der Waals surface area contributed by atoms with Crippen molar-refractivity contribution in [3.63, 3.8) is 0 Å². The molecule has 4 rings (SSSR count). The normalized spacial score (nSPS) is 11.4. The summed E-state index contributed by atoms with van der Waals surface area (Å²) in [6, 6.07) is 35.7. The fourth-order valence-corrected chi connectivity index (χ4v) is 6.87. The molecule has 5 heteroatoms. The fraction of sp³-hybridized carbons (Fsp3) is 0.111. The monoisotopic (exact) mass is 475 g/mol. The first-order valence-electron chi connectivity index (χ1n) is 10.6. The van der Waals surface area contributed by atoms with Crippen LogP contribution in [0.5, 0.6) is 5.75 Å². The van der Waals surface area contributed by atoms with Gasteiger partial charge in [0, 0.05) is 21.7 Å². The Morgan fingerprint density at radius 1 is 0.719 bits per heavy atom. The molecule has 4 aromatic rings. The van der Waals surface area contributed by atoms with Gasteiger partial charge in [0.05, 0.1) is 0 Å². The van der Waals surface area contributed by atoms with Crippen molar-refractivity contribution in [2.24, 2.45) is 0 Å². The third-order valence-corrected chi connectivity index (χ3v) is 8.37. The standard InChI is InChI=1S/C27H27ClNOPSi/c1-32(2,3)30-23-18-19-26(29-22-16-14-21(28)15-17-22)27(20-23)31(24-10-6-4-7-11-24)25-12-8-5-9-13-25/h4-20,29H,1-3H3. The van der Waals surface area contributed by atoms with Crippen molar-refractivity contribution >= 4 is 55.1 Å². The number of nitrogens with one attached hydrogen (secondary N) is 1. The van der Waals surface area contributed by atoms with E-state index in [4.69, 9.17) is 16.0 Å². The number of benzene rings is 4. The summed E-state index contributed by atoms with van der Waals surface area (Å²) in [5, 5.41) is 8.20. The Balaban J connectivity index is 1.86. The van der Waals surface area contributed by atoms with Gasteiger partial charge in [0.2, 0.25) is 8.32 Å². The SMILES string of the molecule is C[Si](C)(C)Oc1ccc(Nc2ccc(Cl)cc2)c(P(c2ccccc2)c2ccccc2)c1. The molecule has 0 fully saturated rings. The second-order valence-corrected chi connectivity index (χ2v) is 15.6. The third-order valence-electron chi connectivity index (χ3n) is 4.79. The average Bonchev–Trinajstić information content (AvgIpc) is 2.78. The molecule has 0 spiro atoms. The summed E-state index contributed by atoms with van der Waals surface area (Å²) in [7, 11) is -2.52. The molecule has 0 heterocycles. The predicted octanol–water partition coefficient (Wildman–Crippen LogP) is 7.06. The van der Waals surface area contributed by atoms with Crippen LogP contribution >= 0.6 is 19.5 Å². The highest BCUT2D eigenvalue weighted by Gasteiger charge is 2.22. The van der Waals surface area contributed by atoms with E-state index in [2.05, 4.69) is 104 Å². The highest BCUT2D eigenvalue weighted by molar-refractivity contribution is 7.80. The van der Waals surface area contributed by atoms with E-state index in [0.29, 0.717) is 0 Å². The van der Waals surface area contributed by atoms with Crippen LogP contribution in [-0.4, -0.2) is 8.32 Å². The maximum absolute atomic E-state index is 6.39. The molecule has 1 N–H and O–H groups in total. The number of hydrogen-bond donors (Lipinski definition) is 1.